The molecule has 0 aliphatic carbocycles. The van der Waals surface area contributed by atoms with Gasteiger partial charge in [-0.05, 0) is 59.4 Å². The normalized spacial score (nSPS) is 17.1. The molecule has 0 saturated heterocycles. The van der Waals surface area contributed by atoms with Crippen LogP contribution in [0, 0.1) is 5.92 Å². The maximum atomic E-state index is 13.8. The van der Waals surface area contributed by atoms with Gasteiger partial charge in [0.05, 0.1) is 24.3 Å². The van der Waals surface area contributed by atoms with E-state index in [-0.39, 0.29) is 18.2 Å². The van der Waals surface area contributed by atoms with Gasteiger partial charge in [0.1, 0.15) is 6.04 Å². The Morgan fingerprint density at radius 3 is 1.76 bits per heavy atom. The molecule has 0 aromatic heterocycles. The highest BCUT2D eigenvalue weighted by Gasteiger charge is 2.38. The van der Waals surface area contributed by atoms with Crippen molar-refractivity contribution in [3.8, 4) is 0 Å². The summed E-state index contributed by atoms with van der Waals surface area (Å²) < 4.78 is 0. The summed E-state index contributed by atoms with van der Waals surface area (Å²) in [6.07, 6.45) is 0.0639. The van der Waals surface area contributed by atoms with Gasteiger partial charge in [-0.25, -0.2) is 4.79 Å². The third-order valence-electron chi connectivity index (χ3n) is 6.86. The number of nitrogens with one attached hydrogen (secondary N) is 1. The molecule has 0 saturated carbocycles. The zero-order valence-electron chi connectivity index (χ0n) is 23.5. The molecule has 0 bridgehead atoms. The zero-order chi connectivity index (χ0) is 28.9. The van der Waals surface area contributed by atoms with Crippen molar-refractivity contribution in [2.45, 2.75) is 115 Å². The fourth-order valence-corrected chi connectivity index (χ4v) is 4.37. The number of unbranched alkanes of at least 4 members (excludes halogenated alkanes) is 1. The molecule has 7 atom stereocenters. The maximum Gasteiger partial charge on any atom is 0.332 e. The molecule has 5 N–H and O–H groups in total. The molecule has 11 heteroatoms. The number of likely N-dealkylation sites (N-methyl/N-ethyl adjacent to an activating group) is 3. The highest BCUT2D eigenvalue weighted by atomic mass is 16.4. The van der Waals surface area contributed by atoms with E-state index >= 15 is 0 Å². The van der Waals surface area contributed by atoms with E-state index in [9.17, 15) is 34.5 Å². The van der Waals surface area contributed by atoms with Crippen LogP contribution >= 0.6 is 0 Å². The number of hydrogen-bond acceptors (Lipinski definition) is 8. The topological polar surface area (TPSA) is 168 Å². The van der Waals surface area contributed by atoms with Crippen LogP contribution in [-0.2, 0) is 19.2 Å². The molecule has 216 valence electrons. The minimum atomic E-state index is -1.88. The predicted molar refractivity (Wildman–Crippen MR) is 140 cm³/mol. The summed E-state index contributed by atoms with van der Waals surface area (Å²) in [7, 11) is 4.65. The number of aliphatic hydroxyl groups excluding tert-OH is 3. The van der Waals surface area contributed by atoms with Crippen LogP contribution in [-0.4, -0.2) is 111 Å². The predicted octanol–water partition coefficient (Wildman–Crippen LogP) is 0.781. The summed E-state index contributed by atoms with van der Waals surface area (Å²) in [6.45, 7) is 6.87. The Labute approximate surface area is 221 Å². The number of carboxylic acid groups (broad SMARTS) is 1. The van der Waals surface area contributed by atoms with Crippen LogP contribution in [0.4, 0.5) is 0 Å². The molecule has 0 aromatic rings. The number of aliphatic carboxylic acids is 1. The lowest BCUT2D eigenvalue weighted by Gasteiger charge is -2.38. The smallest absolute Gasteiger partial charge is 0.332 e. The molecule has 37 heavy (non-hydrogen) atoms. The van der Waals surface area contributed by atoms with Gasteiger partial charge in [-0.15, -0.1) is 0 Å². The highest BCUT2D eigenvalue weighted by Crippen LogP contribution is 2.23. The van der Waals surface area contributed by atoms with Crippen molar-refractivity contribution in [2.75, 3.05) is 21.1 Å². The third kappa shape index (κ3) is 12.3. The first kappa shape index (κ1) is 34.9. The first-order valence-electron chi connectivity index (χ1n) is 13.2. The van der Waals surface area contributed by atoms with E-state index < -0.39 is 60.5 Å². The second-order valence-electron chi connectivity index (χ2n) is 10.3. The zero-order valence-corrected chi connectivity index (χ0v) is 23.5. The van der Waals surface area contributed by atoms with Crippen molar-refractivity contribution in [2.24, 2.45) is 5.92 Å². The molecule has 0 radical (unpaired) electrons. The number of amides is 2. The van der Waals surface area contributed by atoms with Gasteiger partial charge >= 0.3 is 5.97 Å². The van der Waals surface area contributed by atoms with Crippen molar-refractivity contribution >= 4 is 23.6 Å². The van der Waals surface area contributed by atoms with Gasteiger partial charge in [0.15, 0.2) is 11.9 Å². The largest absolute Gasteiger partial charge is 0.479 e. The summed E-state index contributed by atoms with van der Waals surface area (Å²) in [5.41, 5.74) is 0. The Bertz CT molecular complexity index is 731. The van der Waals surface area contributed by atoms with E-state index in [4.69, 9.17) is 5.11 Å². The Hall–Kier alpha value is -2.08. The van der Waals surface area contributed by atoms with E-state index in [1.54, 1.807) is 34.9 Å². The fourth-order valence-electron chi connectivity index (χ4n) is 4.37. The summed E-state index contributed by atoms with van der Waals surface area (Å²) in [5.74, 6) is -3.14. The number of nitrogens with zero attached hydrogens (tertiary/aromatic N) is 2. The SMILES string of the molecule is CN[C@@H](C)C(=O)N(C)[C@H](C(=O)N(C)[C@@H](CCCCC(C)O)C(=O)CC(O)C(=O)O)[C@@H](C)CCCC(C)O. The van der Waals surface area contributed by atoms with Crippen LogP contribution in [0.25, 0.3) is 0 Å². The monoisotopic (exact) mass is 531 g/mol. The average molecular weight is 532 g/mol. The van der Waals surface area contributed by atoms with Crippen LogP contribution in [0.5, 0.6) is 0 Å². The van der Waals surface area contributed by atoms with Crippen molar-refractivity contribution in [1.29, 1.82) is 0 Å². The maximum absolute atomic E-state index is 13.8. The number of carbonyl (C=O) groups is 4. The van der Waals surface area contributed by atoms with Gasteiger partial charge in [0.2, 0.25) is 11.8 Å². The summed E-state index contributed by atoms with van der Waals surface area (Å²) in [6, 6.07) is -2.42. The molecule has 0 heterocycles. The molecule has 0 aliphatic heterocycles. The number of carboxylic acids is 1. The molecule has 0 aliphatic rings. The van der Waals surface area contributed by atoms with E-state index in [1.807, 2.05) is 6.92 Å². The first-order valence-corrected chi connectivity index (χ1v) is 13.2. The third-order valence-corrected chi connectivity index (χ3v) is 6.86. The standard InChI is InChI=1S/C26H49N3O8/c1-16(11-10-13-18(3)31)23(29(7)24(34)19(4)27-5)25(35)28(6)20(14-9-8-12-17(2)30)21(32)15-22(33)26(36)37/h16-20,22-23,27,30-31,33H,8-15H2,1-7H3,(H,36,37)/t16-,17?,18?,19-,20-,22?,23-/m0/s1. The summed E-state index contributed by atoms with van der Waals surface area (Å²) >= 11 is 0. The Morgan fingerprint density at radius 2 is 1.27 bits per heavy atom. The first-order chi connectivity index (χ1) is 17.1. The fraction of sp³-hybridized carbons (Fsp3) is 0.846. The lowest BCUT2D eigenvalue weighted by atomic mass is 9.91. The summed E-state index contributed by atoms with van der Waals surface area (Å²) in [5, 5.41) is 40.8. The molecule has 0 spiro atoms. The van der Waals surface area contributed by atoms with Crippen molar-refractivity contribution < 1.29 is 39.6 Å². The Balaban J connectivity index is 6.01. The van der Waals surface area contributed by atoms with Crippen LogP contribution in [0.1, 0.15) is 79.1 Å². The van der Waals surface area contributed by atoms with Crippen molar-refractivity contribution in [1.82, 2.24) is 15.1 Å². The molecule has 0 rings (SSSR count). The molecule has 0 fully saturated rings. The minimum absolute atomic E-state index is 0.230. The minimum Gasteiger partial charge on any atom is -0.479 e. The van der Waals surface area contributed by atoms with Gasteiger partial charge in [0, 0.05) is 20.5 Å². The van der Waals surface area contributed by atoms with E-state index in [0.29, 0.717) is 38.5 Å². The number of rotatable bonds is 19. The van der Waals surface area contributed by atoms with Gasteiger partial charge in [-0.1, -0.05) is 26.2 Å². The van der Waals surface area contributed by atoms with Crippen LogP contribution in [0.3, 0.4) is 0 Å². The van der Waals surface area contributed by atoms with Gasteiger partial charge in [-0.3, -0.25) is 14.4 Å². The lowest BCUT2D eigenvalue weighted by Crippen LogP contribution is -2.57. The van der Waals surface area contributed by atoms with E-state index in [1.165, 1.54) is 16.8 Å². The van der Waals surface area contributed by atoms with Gasteiger partial charge in [0.25, 0.3) is 0 Å². The number of ketones is 1. The van der Waals surface area contributed by atoms with E-state index in [0.717, 1.165) is 0 Å². The summed E-state index contributed by atoms with van der Waals surface area (Å²) in [4.78, 5) is 53.6. The van der Waals surface area contributed by atoms with Gasteiger partial charge in [-0.2, -0.15) is 0 Å². The van der Waals surface area contributed by atoms with Crippen LogP contribution in [0.2, 0.25) is 0 Å². The van der Waals surface area contributed by atoms with Crippen LogP contribution < -0.4 is 5.32 Å². The lowest BCUT2D eigenvalue weighted by molar-refractivity contribution is -0.152. The number of aliphatic hydroxyl groups is 3. The Kier molecular flexibility index (Phi) is 16.5. The molecular formula is C26H49N3O8. The molecule has 0 aromatic carbocycles. The molecule has 3 unspecified atom stereocenters. The van der Waals surface area contributed by atoms with Gasteiger partial charge < -0.3 is 35.5 Å². The molecular weight excluding hydrogens is 482 g/mol. The Morgan fingerprint density at radius 1 is 0.757 bits per heavy atom. The number of hydrogen-bond donors (Lipinski definition) is 5. The highest BCUT2D eigenvalue weighted by molar-refractivity contribution is 5.94. The number of Topliss-reactive ketones (excluding diaryl/α,β-unsaturated/α-hetero) is 1. The van der Waals surface area contributed by atoms with Crippen LogP contribution in [0.15, 0.2) is 0 Å². The molecule has 2 amide bonds. The van der Waals surface area contributed by atoms with Crippen molar-refractivity contribution in [3.05, 3.63) is 0 Å². The molecule has 11 nitrogen and oxygen atoms in total. The second-order valence-corrected chi connectivity index (χ2v) is 10.3. The van der Waals surface area contributed by atoms with E-state index in [2.05, 4.69) is 5.32 Å². The quantitative estimate of drug-likeness (QED) is 0.151. The van der Waals surface area contributed by atoms with Crippen molar-refractivity contribution in [3.63, 3.8) is 0 Å². The average Bonchev–Trinajstić information content (AvgIpc) is 2.81. The second kappa shape index (κ2) is 17.4. The number of carbonyl (C=O) groups excluding carboxylic acids is 3.